The van der Waals surface area contributed by atoms with Crippen LogP contribution in [0, 0.1) is 17.6 Å². The van der Waals surface area contributed by atoms with Crippen molar-refractivity contribution in [2.45, 2.75) is 42.7 Å². The third-order valence-electron chi connectivity index (χ3n) is 5.65. The predicted octanol–water partition coefficient (Wildman–Crippen LogP) is 3.94. The molecule has 0 radical (unpaired) electrons. The van der Waals surface area contributed by atoms with Gasteiger partial charge in [-0.1, -0.05) is 12.1 Å². The van der Waals surface area contributed by atoms with Crippen LogP contribution in [0.15, 0.2) is 41.3 Å². The van der Waals surface area contributed by atoms with Gasteiger partial charge in [0, 0.05) is 18.3 Å². The minimum atomic E-state index is -3.32. The average molecular weight is 407 g/mol. The van der Waals surface area contributed by atoms with E-state index in [0.29, 0.717) is 35.7 Å². The van der Waals surface area contributed by atoms with Crippen molar-refractivity contribution in [2.75, 3.05) is 12.9 Å². The van der Waals surface area contributed by atoms with Crippen molar-refractivity contribution in [2.24, 2.45) is 5.92 Å². The SMILES string of the molecule is CS(=O)(=O)c1ccc(-c2cc(F)c(OCC3CC4CCC(C3)N4)c(F)c2)cc1. The molecule has 2 unspecified atom stereocenters. The first kappa shape index (κ1) is 19.3. The number of hydrogen-bond donors (Lipinski definition) is 1. The fourth-order valence-corrected chi connectivity index (χ4v) is 4.90. The Labute approximate surface area is 163 Å². The molecule has 0 aromatic heterocycles. The summed E-state index contributed by atoms with van der Waals surface area (Å²) in [5.74, 6) is -1.54. The van der Waals surface area contributed by atoms with Gasteiger partial charge in [-0.2, -0.15) is 0 Å². The zero-order valence-electron chi connectivity index (χ0n) is 15.6. The van der Waals surface area contributed by atoms with Crippen molar-refractivity contribution >= 4 is 9.84 Å². The molecule has 2 fully saturated rings. The lowest BCUT2D eigenvalue weighted by molar-refractivity contribution is 0.179. The van der Waals surface area contributed by atoms with Gasteiger partial charge in [0.1, 0.15) is 0 Å². The lowest BCUT2D eigenvalue weighted by Gasteiger charge is -2.29. The first-order valence-corrected chi connectivity index (χ1v) is 11.4. The molecule has 0 aliphatic carbocycles. The Morgan fingerprint density at radius 2 is 1.57 bits per heavy atom. The van der Waals surface area contributed by atoms with Gasteiger partial charge >= 0.3 is 0 Å². The van der Waals surface area contributed by atoms with Crippen LogP contribution in [-0.4, -0.2) is 33.4 Å². The van der Waals surface area contributed by atoms with Gasteiger partial charge in [0.25, 0.3) is 0 Å². The summed E-state index contributed by atoms with van der Waals surface area (Å²) in [5, 5.41) is 3.54. The number of halogens is 2. The molecule has 2 aliphatic heterocycles. The normalized spacial score (nSPS) is 24.3. The van der Waals surface area contributed by atoms with Crippen molar-refractivity contribution in [1.29, 1.82) is 0 Å². The summed E-state index contributed by atoms with van der Waals surface area (Å²) in [5.41, 5.74) is 0.869. The van der Waals surface area contributed by atoms with Gasteiger partial charge in [-0.15, -0.1) is 0 Å². The molecule has 1 N–H and O–H groups in total. The van der Waals surface area contributed by atoms with E-state index in [0.717, 1.165) is 31.9 Å². The number of hydrogen-bond acceptors (Lipinski definition) is 4. The van der Waals surface area contributed by atoms with Crippen molar-refractivity contribution in [3.63, 3.8) is 0 Å². The van der Waals surface area contributed by atoms with Crippen molar-refractivity contribution in [3.8, 4) is 16.9 Å². The molecule has 150 valence electrons. The molecule has 4 nitrogen and oxygen atoms in total. The summed E-state index contributed by atoms with van der Waals surface area (Å²) in [4.78, 5) is 0.160. The number of sulfone groups is 1. The van der Waals surface area contributed by atoms with E-state index in [2.05, 4.69) is 5.32 Å². The number of piperidine rings is 1. The van der Waals surface area contributed by atoms with Crippen LogP contribution in [0.2, 0.25) is 0 Å². The number of nitrogens with one attached hydrogen (secondary N) is 1. The lowest BCUT2D eigenvalue weighted by Crippen LogP contribution is -2.39. The molecule has 0 spiro atoms. The summed E-state index contributed by atoms with van der Waals surface area (Å²) in [6, 6.07) is 9.37. The van der Waals surface area contributed by atoms with Gasteiger partial charge < -0.3 is 10.1 Å². The standard InChI is InChI=1S/C21H23F2NO3S/c1-28(25,26)18-6-2-14(3-7-18)15-10-19(22)21(20(23)11-15)27-12-13-8-16-4-5-17(9-13)24-16/h2-3,6-7,10-11,13,16-17,24H,4-5,8-9,12H2,1H3. The van der Waals surface area contributed by atoms with E-state index in [1.165, 1.54) is 36.4 Å². The average Bonchev–Trinajstić information content (AvgIpc) is 2.98. The molecule has 0 saturated carbocycles. The van der Waals surface area contributed by atoms with Crippen LogP contribution in [0.3, 0.4) is 0 Å². The lowest BCUT2D eigenvalue weighted by atomic mass is 9.93. The number of benzene rings is 2. The monoisotopic (exact) mass is 407 g/mol. The fourth-order valence-electron chi connectivity index (χ4n) is 4.27. The molecule has 2 aliphatic rings. The van der Waals surface area contributed by atoms with Gasteiger partial charge in [-0.05, 0) is 67.0 Å². The Kier molecular flexibility index (Phi) is 5.14. The molecule has 28 heavy (non-hydrogen) atoms. The molecule has 0 amide bonds. The van der Waals surface area contributed by atoms with Crippen LogP contribution in [0.1, 0.15) is 25.7 Å². The van der Waals surface area contributed by atoms with Gasteiger partial charge in [0.2, 0.25) is 0 Å². The zero-order valence-corrected chi connectivity index (χ0v) is 16.4. The minimum absolute atomic E-state index is 0.160. The molecule has 2 atom stereocenters. The molecular weight excluding hydrogens is 384 g/mol. The topological polar surface area (TPSA) is 55.4 Å². The number of ether oxygens (including phenoxy) is 1. The summed E-state index contributed by atoms with van der Waals surface area (Å²) < 4.78 is 57.6. The summed E-state index contributed by atoms with van der Waals surface area (Å²) in [6.07, 6.45) is 5.39. The Morgan fingerprint density at radius 1 is 1.00 bits per heavy atom. The van der Waals surface area contributed by atoms with Crippen LogP contribution >= 0.6 is 0 Å². The van der Waals surface area contributed by atoms with Gasteiger partial charge in [-0.25, -0.2) is 17.2 Å². The number of fused-ring (bicyclic) bond motifs is 2. The van der Waals surface area contributed by atoms with Crippen LogP contribution < -0.4 is 10.1 Å². The predicted molar refractivity (Wildman–Crippen MR) is 103 cm³/mol. The van der Waals surface area contributed by atoms with E-state index < -0.39 is 21.5 Å². The zero-order chi connectivity index (χ0) is 19.9. The Bertz CT molecular complexity index is 941. The first-order chi connectivity index (χ1) is 13.3. The van der Waals surface area contributed by atoms with Gasteiger partial charge in [0.15, 0.2) is 27.2 Å². The highest BCUT2D eigenvalue weighted by Crippen LogP contribution is 2.33. The molecule has 2 aromatic rings. The van der Waals surface area contributed by atoms with E-state index >= 15 is 0 Å². The molecule has 7 heteroatoms. The second kappa shape index (κ2) is 7.44. The largest absolute Gasteiger partial charge is 0.487 e. The third-order valence-corrected chi connectivity index (χ3v) is 6.78. The van der Waals surface area contributed by atoms with E-state index in [1.54, 1.807) is 0 Å². The molecule has 2 saturated heterocycles. The summed E-state index contributed by atoms with van der Waals surface area (Å²) >= 11 is 0. The molecule has 2 bridgehead atoms. The van der Waals surface area contributed by atoms with E-state index in [-0.39, 0.29) is 10.6 Å². The Hall–Kier alpha value is -1.99. The second-order valence-electron chi connectivity index (χ2n) is 7.85. The maximum Gasteiger partial charge on any atom is 0.190 e. The molecule has 4 rings (SSSR count). The van der Waals surface area contributed by atoms with Crippen molar-refractivity contribution < 1.29 is 21.9 Å². The third kappa shape index (κ3) is 4.05. The maximum absolute atomic E-state index is 14.5. The van der Waals surface area contributed by atoms with Gasteiger partial charge in [0.05, 0.1) is 11.5 Å². The van der Waals surface area contributed by atoms with E-state index in [4.69, 9.17) is 4.74 Å². The van der Waals surface area contributed by atoms with Crippen molar-refractivity contribution in [3.05, 3.63) is 48.0 Å². The minimum Gasteiger partial charge on any atom is -0.487 e. The fraction of sp³-hybridized carbons (Fsp3) is 0.429. The Morgan fingerprint density at radius 3 is 2.11 bits per heavy atom. The summed E-state index contributed by atoms with van der Waals surface area (Å²) in [6.45, 7) is 0.310. The maximum atomic E-state index is 14.5. The van der Waals surface area contributed by atoms with Gasteiger partial charge in [-0.3, -0.25) is 0 Å². The Balaban J connectivity index is 1.49. The summed E-state index contributed by atoms with van der Waals surface area (Å²) in [7, 11) is -3.32. The molecule has 2 aromatic carbocycles. The highest BCUT2D eigenvalue weighted by Gasteiger charge is 2.33. The molecular formula is C21H23F2NO3S. The molecule has 2 heterocycles. The highest BCUT2D eigenvalue weighted by molar-refractivity contribution is 7.90. The van der Waals surface area contributed by atoms with Crippen molar-refractivity contribution in [1.82, 2.24) is 5.32 Å². The highest BCUT2D eigenvalue weighted by atomic mass is 32.2. The van der Waals surface area contributed by atoms with Crippen LogP contribution in [-0.2, 0) is 9.84 Å². The first-order valence-electron chi connectivity index (χ1n) is 9.48. The number of rotatable bonds is 5. The smallest absolute Gasteiger partial charge is 0.190 e. The van der Waals surface area contributed by atoms with E-state index in [9.17, 15) is 17.2 Å². The van der Waals surface area contributed by atoms with Crippen LogP contribution in [0.4, 0.5) is 8.78 Å². The van der Waals surface area contributed by atoms with E-state index in [1.807, 2.05) is 0 Å². The quantitative estimate of drug-likeness (QED) is 0.816. The second-order valence-corrected chi connectivity index (χ2v) is 9.87. The van der Waals surface area contributed by atoms with Crippen LogP contribution in [0.25, 0.3) is 11.1 Å². The van der Waals surface area contributed by atoms with Crippen LogP contribution in [0.5, 0.6) is 5.75 Å².